The van der Waals surface area contributed by atoms with E-state index in [1.807, 2.05) is 26.1 Å². The number of hydrogen-bond acceptors (Lipinski definition) is 4. The molecule has 106 valence electrons. The Morgan fingerprint density at radius 3 is 2.95 bits per heavy atom. The average molecular weight is 288 g/mol. The van der Waals surface area contributed by atoms with Crippen molar-refractivity contribution in [2.45, 2.75) is 32.2 Å². The third-order valence-corrected chi connectivity index (χ3v) is 4.54. The molecule has 1 saturated carbocycles. The van der Waals surface area contributed by atoms with Crippen molar-refractivity contribution in [3.8, 4) is 16.3 Å². The van der Waals surface area contributed by atoms with E-state index in [1.165, 1.54) is 23.4 Å². The maximum Gasteiger partial charge on any atom is 0.124 e. The molecule has 0 bridgehead atoms. The van der Waals surface area contributed by atoms with Gasteiger partial charge >= 0.3 is 0 Å². The molecule has 20 heavy (non-hydrogen) atoms. The number of aromatic nitrogens is 1. The summed E-state index contributed by atoms with van der Waals surface area (Å²) in [4.78, 5) is 6.27. The van der Waals surface area contributed by atoms with Crippen molar-refractivity contribution in [2.24, 2.45) is 0 Å². The highest BCUT2D eigenvalue weighted by Crippen LogP contribution is 2.44. The summed E-state index contributed by atoms with van der Waals surface area (Å²) in [6.07, 6.45) is 2.58. The third kappa shape index (κ3) is 2.86. The lowest BCUT2D eigenvalue weighted by atomic mass is 10.2. The minimum absolute atomic E-state index is 0.693. The molecule has 0 aliphatic heterocycles. The van der Waals surface area contributed by atoms with Gasteiger partial charge in [0.2, 0.25) is 0 Å². The fourth-order valence-electron chi connectivity index (χ4n) is 2.34. The predicted octanol–water partition coefficient (Wildman–Crippen LogP) is 3.81. The molecular weight excluding hydrogens is 268 g/mol. The first-order chi connectivity index (χ1) is 9.81. The standard InChI is InChI=1S/C16H20N2OS/c1-3-19-13-6-4-5-12(9-13)16-18-15(11-7-8-11)14(20-16)10-17-2/h4-6,9,11,17H,3,7-8,10H2,1-2H3. The first-order valence-electron chi connectivity index (χ1n) is 7.19. The highest BCUT2D eigenvalue weighted by molar-refractivity contribution is 7.15. The van der Waals surface area contributed by atoms with Gasteiger partial charge in [-0.1, -0.05) is 12.1 Å². The van der Waals surface area contributed by atoms with Crippen LogP contribution in [0, 0.1) is 0 Å². The maximum atomic E-state index is 5.58. The van der Waals surface area contributed by atoms with E-state index in [1.54, 1.807) is 11.3 Å². The normalized spacial score (nSPS) is 14.5. The summed E-state index contributed by atoms with van der Waals surface area (Å²) < 4.78 is 5.58. The lowest BCUT2D eigenvalue weighted by molar-refractivity contribution is 0.340. The van der Waals surface area contributed by atoms with Crippen molar-refractivity contribution < 1.29 is 4.74 Å². The fraction of sp³-hybridized carbons (Fsp3) is 0.438. The minimum atomic E-state index is 0.693. The molecule has 0 unspecified atom stereocenters. The second kappa shape index (κ2) is 5.94. The van der Waals surface area contributed by atoms with Crippen LogP contribution < -0.4 is 10.1 Å². The van der Waals surface area contributed by atoms with E-state index in [2.05, 4.69) is 17.4 Å². The van der Waals surface area contributed by atoms with Gasteiger partial charge in [0.25, 0.3) is 0 Å². The Bertz CT molecular complexity index is 590. The Morgan fingerprint density at radius 2 is 2.25 bits per heavy atom. The van der Waals surface area contributed by atoms with Crippen molar-refractivity contribution in [1.29, 1.82) is 0 Å². The van der Waals surface area contributed by atoms with Crippen molar-refractivity contribution in [1.82, 2.24) is 10.3 Å². The van der Waals surface area contributed by atoms with E-state index >= 15 is 0 Å². The number of ether oxygens (including phenoxy) is 1. The van der Waals surface area contributed by atoms with Gasteiger partial charge < -0.3 is 10.1 Å². The summed E-state index contributed by atoms with van der Waals surface area (Å²) in [5.41, 5.74) is 2.46. The molecule has 3 rings (SSSR count). The number of nitrogens with one attached hydrogen (secondary N) is 1. The van der Waals surface area contributed by atoms with Crippen molar-refractivity contribution in [3.05, 3.63) is 34.8 Å². The Kier molecular flexibility index (Phi) is 4.03. The van der Waals surface area contributed by atoms with Gasteiger partial charge in [-0.2, -0.15) is 0 Å². The summed E-state index contributed by atoms with van der Waals surface area (Å²) in [6, 6.07) is 8.23. The van der Waals surface area contributed by atoms with Gasteiger partial charge in [-0.25, -0.2) is 4.98 Å². The molecule has 2 aromatic rings. The summed E-state index contributed by atoms with van der Waals surface area (Å²) in [5.74, 6) is 1.61. The molecule has 0 spiro atoms. The van der Waals surface area contributed by atoms with E-state index < -0.39 is 0 Å². The monoisotopic (exact) mass is 288 g/mol. The topological polar surface area (TPSA) is 34.1 Å². The third-order valence-electron chi connectivity index (χ3n) is 3.42. The van der Waals surface area contributed by atoms with Gasteiger partial charge in [-0.15, -0.1) is 11.3 Å². The van der Waals surface area contributed by atoms with Crippen LogP contribution in [0.3, 0.4) is 0 Å². The van der Waals surface area contributed by atoms with Crippen LogP contribution in [0.2, 0.25) is 0 Å². The summed E-state index contributed by atoms with van der Waals surface area (Å²) in [5, 5.41) is 4.36. The van der Waals surface area contributed by atoms with Crippen LogP contribution in [0.5, 0.6) is 5.75 Å². The Labute approximate surface area is 124 Å². The number of benzene rings is 1. The number of hydrogen-bond donors (Lipinski definition) is 1. The van der Waals surface area contributed by atoms with Crippen LogP contribution >= 0.6 is 11.3 Å². The molecule has 1 aromatic carbocycles. The lowest BCUT2D eigenvalue weighted by Crippen LogP contribution is -2.05. The van der Waals surface area contributed by atoms with E-state index in [0.717, 1.165) is 22.9 Å². The van der Waals surface area contributed by atoms with Crippen LogP contribution in [0.15, 0.2) is 24.3 Å². The van der Waals surface area contributed by atoms with Gasteiger partial charge in [0.1, 0.15) is 10.8 Å². The highest BCUT2D eigenvalue weighted by atomic mass is 32.1. The van der Waals surface area contributed by atoms with E-state index in [9.17, 15) is 0 Å². The Morgan fingerprint density at radius 1 is 1.40 bits per heavy atom. The van der Waals surface area contributed by atoms with Gasteiger partial charge in [-0.05, 0) is 38.9 Å². The highest BCUT2D eigenvalue weighted by Gasteiger charge is 2.29. The zero-order valence-electron chi connectivity index (χ0n) is 12.0. The summed E-state index contributed by atoms with van der Waals surface area (Å²) in [7, 11) is 1.99. The first kappa shape index (κ1) is 13.6. The SMILES string of the molecule is CCOc1cccc(-c2nc(C3CC3)c(CNC)s2)c1. The largest absolute Gasteiger partial charge is 0.494 e. The molecule has 0 atom stereocenters. The van der Waals surface area contributed by atoms with Crippen molar-refractivity contribution in [2.75, 3.05) is 13.7 Å². The van der Waals surface area contributed by atoms with Crippen LogP contribution in [-0.2, 0) is 6.54 Å². The molecule has 1 N–H and O–H groups in total. The van der Waals surface area contributed by atoms with Crippen molar-refractivity contribution in [3.63, 3.8) is 0 Å². The van der Waals surface area contributed by atoms with Gasteiger partial charge in [-0.3, -0.25) is 0 Å². The zero-order valence-corrected chi connectivity index (χ0v) is 12.8. The molecule has 0 saturated heterocycles. The molecule has 1 aromatic heterocycles. The minimum Gasteiger partial charge on any atom is -0.494 e. The van der Waals surface area contributed by atoms with Crippen LogP contribution in [0.1, 0.15) is 36.3 Å². The molecule has 0 amide bonds. The predicted molar refractivity (Wildman–Crippen MR) is 83.5 cm³/mol. The fourth-order valence-corrected chi connectivity index (χ4v) is 3.49. The second-order valence-electron chi connectivity index (χ2n) is 5.09. The van der Waals surface area contributed by atoms with Crippen LogP contribution in [0.25, 0.3) is 10.6 Å². The van der Waals surface area contributed by atoms with E-state index in [0.29, 0.717) is 12.5 Å². The van der Waals surface area contributed by atoms with E-state index in [4.69, 9.17) is 9.72 Å². The molecule has 1 aliphatic carbocycles. The molecule has 0 radical (unpaired) electrons. The number of nitrogens with zero attached hydrogens (tertiary/aromatic N) is 1. The Balaban J connectivity index is 1.92. The smallest absolute Gasteiger partial charge is 0.124 e. The summed E-state index contributed by atoms with van der Waals surface area (Å²) in [6.45, 7) is 3.61. The number of thiazole rings is 1. The molecule has 1 fully saturated rings. The average Bonchev–Trinajstić information content (AvgIpc) is 3.21. The maximum absolute atomic E-state index is 5.58. The lowest BCUT2D eigenvalue weighted by Gasteiger charge is -2.03. The van der Waals surface area contributed by atoms with Gasteiger partial charge in [0.15, 0.2) is 0 Å². The second-order valence-corrected chi connectivity index (χ2v) is 6.18. The van der Waals surface area contributed by atoms with Crippen molar-refractivity contribution >= 4 is 11.3 Å². The quantitative estimate of drug-likeness (QED) is 0.877. The number of rotatable bonds is 6. The first-order valence-corrected chi connectivity index (χ1v) is 8.01. The zero-order chi connectivity index (χ0) is 13.9. The van der Waals surface area contributed by atoms with Gasteiger partial charge in [0, 0.05) is 22.9 Å². The molecule has 1 heterocycles. The molecule has 1 aliphatic rings. The molecular formula is C16H20N2OS. The Hall–Kier alpha value is -1.39. The van der Waals surface area contributed by atoms with E-state index in [-0.39, 0.29) is 0 Å². The van der Waals surface area contributed by atoms with Crippen LogP contribution in [0.4, 0.5) is 0 Å². The molecule has 3 nitrogen and oxygen atoms in total. The molecule has 4 heteroatoms. The van der Waals surface area contributed by atoms with Gasteiger partial charge in [0.05, 0.1) is 12.3 Å². The van der Waals surface area contributed by atoms with Crippen LogP contribution in [-0.4, -0.2) is 18.6 Å². The summed E-state index contributed by atoms with van der Waals surface area (Å²) >= 11 is 1.80.